The highest BCUT2D eigenvalue weighted by Gasteiger charge is 2.37. The maximum Gasteiger partial charge on any atom is 0.0212 e. The van der Waals surface area contributed by atoms with Gasteiger partial charge >= 0.3 is 0 Å². The summed E-state index contributed by atoms with van der Waals surface area (Å²) >= 11 is 0. The number of nitrogens with zero attached hydrogens (tertiary/aromatic N) is 1. The van der Waals surface area contributed by atoms with Crippen molar-refractivity contribution in [2.75, 3.05) is 13.1 Å². The van der Waals surface area contributed by atoms with Crippen LogP contribution in [0.4, 0.5) is 0 Å². The van der Waals surface area contributed by atoms with Gasteiger partial charge in [0.05, 0.1) is 0 Å². The molecule has 0 bridgehead atoms. The minimum absolute atomic E-state index is 0.536. The molecule has 1 saturated carbocycles. The Balaban J connectivity index is 1.68. The topological polar surface area (TPSA) is 3.24 Å². The molecule has 1 heteroatoms. The SMILES string of the molecule is c1ccc(CCC2(N3CCCCC3)CCCCC2)cc1. The molecule has 110 valence electrons. The van der Waals surface area contributed by atoms with E-state index in [1.54, 1.807) is 0 Å². The largest absolute Gasteiger partial charge is 0.298 e. The first kappa shape index (κ1) is 14.1. The van der Waals surface area contributed by atoms with Crippen LogP contribution in [0.5, 0.6) is 0 Å². The van der Waals surface area contributed by atoms with Crippen LogP contribution in [0.15, 0.2) is 30.3 Å². The van der Waals surface area contributed by atoms with Gasteiger partial charge in [0.15, 0.2) is 0 Å². The van der Waals surface area contributed by atoms with Gasteiger partial charge in [0.1, 0.15) is 0 Å². The fourth-order valence-electron chi connectivity index (χ4n) is 4.32. The predicted molar refractivity (Wildman–Crippen MR) is 86.0 cm³/mol. The fraction of sp³-hybridized carbons (Fsp3) is 0.684. The van der Waals surface area contributed by atoms with Crippen LogP contribution in [-0.2, 0) is 6.42 Å². The Morgan fingerprint density at radius 2 is 1.45 bits per heavy atom. The summed E-state index contributed by atoms with van der Waals surface area (Å²) in [4.78, 5) is 2.87. The van der Waals surface area contributed by atoms with Crippen LogP contribution in [0.2, 0.25) is 0 Å². The minimum Gasteiger partial charge on any atom is -0.298 e. The van der Waals surface area contributed by atoms with Crippen LogP contribution in [0.1, 0.15) is 63.4 Å². The molecule has 0 aromatic heterocycles. The molecule has 2 aliphatic rings. The lowest BCUT2D eigenvalue weighted by Crippen LogP contribution is -2.52. The molecule has 3 rings (SSSR count). The standard InChI is InChI=1S/C19H29N/c1-4-10-18(11-5-1)12-15-19(13-6-2-7-14-19)20-16-8-3-9-17-20/h1,4-5,10-11H,2-3,6-9,12-17H2. The summed E-state index contributed by atoms with van der Waals surface area (Å²) in [5.74, 6) is 0. The van der Waals surface area contributed by atoms with Crippen molar-refractivity contribution in [3.63, 3.8) is 0 Å². The van der Waals surface area contributed by atoms with E-state index in [0.29, 0.717) is 5.54 Å². The van der Waals surface area contributed by atoms with Gasteiger partial charge in [-0.25, -0.2) is 0 Å². The molecule has 0 N–H and O–H groups in total. The maximum absolute atomic E-state index is 2.87. The number of likely N-dealkylation sites (tertiary alicyclic amines) is 1. The number of piperidine rings is 1. The minimum atomic E-state index is 0.536. The lowest BCUT2D eigenvalue weighted by Gasteiger charge is -2.48. The van der Waals surface area contributed by atoms with Crippen LogP contribution in [0.3, 0.4) is 0 Å². The van der Waals surface area contributed by atoms with Gasteiger partial charge in [-0.05, 0) is 57.2 Å². The van der Waals surface area contributed by atoms with Gasteiger partial charge in [0, 0.05) is 5.54 Å². The summed E-state index contributed by atoms with van der Waals surface area (Å²) in [7, 11) is 0. The Morgan fingerprint density at radius 3 is 2.15 bits per heavy atom. The monoisotopic (exact) mass is 271 g/mol. The van der Waals surface area contributed by atoms with Crippen molar-refractivity contribution in [1.29, 1.82) is 0 Å². The van der Waals surface area contributed by atoms with Crippen molar-refractivity contribution in [3.8, 4) is 0 Å². The molecule has 1 aromatic carbocycles. The smallest absolute Gasteiger partial charge is 0.0212 e. The molecule has 1 aromatic rings. The van der Waals surface area contributed by atoms with E-state index in [0.717, 1.165) is 0 Å². The second kappa shape index (κ2) is 6.76. The first-order chi connectivity index (χ1) is 9.89. The molecule has 0 spiro atoms. The van der Waals surface area contributed by atoms with Gasteiger partial charge in [-0.1, -0.05) is 56.0 Å². The van der Waals surface area contributed by atoms with Gasteiger partial charge in [0.25, 0.3) is 0 Å². The number of hydrogen-bond acceptors (Lipinski definition) is 1. The second-order valence-corrected chi connectivity index (χ2v) is 6.82. The van der Waals surface area contributed by atoms with E-state index in [1.165, 1.54) is 82.9 Å². The molecule has 1 aliphatic carbocycles. The summed E-state index contributed by atoms with van der Waals surface area (Å²) in [6.45, 7) is 2.71. The molecular formula is C19H29N. The molecule has 1 aliphatic heterocycles. The molecule has 0 radical (unpaired) electrons. The third-order valence-corrected chi connectivity index (χ3v) is 5.53. The Bertz CT molecular complexity index is 385. The van der Waals surface area contributed by atoms with Crippen LogP contribution in [0.25, 0.3) is 0 Å². The lowest BCUT2D eigenvalue weighted by molar-refractivity contribution is 0.0267. The Hall–Kier alpha value is -0.820. The molecule has 1 heterocycles. The molecule has 20 heavy (non-hydrogen) atoms. The Labute approximate surface area is 124 Å². The molecule has 1 saturated heterocycles. The van der Waals surface area contributed by atoms with Crippen LogP contribution < -0.4 is 0 Å². The van der Waals surface area contributed by atoms with Crippen molar-refractivity contribution < 1.29 is 0 Å². The first-order valence-electron chi connectivity index (χ1n) is 8.68. The first-order valence-corrected chi connectivity index (χ1v) is 8.68. The van der Waals surface area contributed by atoms with E-state index in [9.17, 15) is 0 Å². The number of hydrogen-bond donors (Lipinski definition) is 0. The quantitative estimate of drug-likeness (QED) is 0.759. The number of aryl methyl sites for hydroxylation is 1. The summed E-state index contributed by atoms with van der Waals surface area (Å²) in [6.07, 6.45) is 14.2. The zero-order valence-corrected chi connectivity index (χ0v) is 12.8. The third kappa shape index (κ3) is 3.25. The lowest BCUT2D eigenvalue weighted by atomic mass is 9.75. The third-order valence-electron chi connectivity index (χ3n) is 5.53. The fourth-order valence-corrected chi connectivity index (χ4v) is 4.32. The van der Waals surface area contributed by atoms with Gasteiger partial charge < -0.3 is 0 Å². The van der Waals surface area contributed by atoms with Crippen LogP contribution >= 0.6 is 0 Å². The Morgan fingerprint density at radius 1 is 0.800 bits per heavy atom. The number of benzene rings is 1. The van der Waals surface area contributed by atoms with Crippen molar-refractivity contribution in [3.05, 3.63) is 35.9 Å². The van der Waals surface area contributed by atoms with E-state index in [2.05, 4.69) is 35.2 Å². The van der Waals surface area contributed by atoms with Crippen molar-refractivity contribution in [1.82, 2.24) is 4.90 Å². The highest BCUT2D eigenvalue weighted by Crippen LogP contribution is 2.38. The molecule has 0 unspecified atom stereocenters. The highest BCUT2D eigenvalue weighted by molar-refractivity contribution is 5.15. The van der Waals surface area contributed by atoms with E-state index in [-0.39, 0.29) is 0 Å². The molecule has 0 amide bonds. The van der Waals surface area contributed by atoms with Gasteiger partial charge in [-0.15, -0.1) is 0 Å². The summed E-state index contributed by atoms with van der Waals surface area (Å²) < 4.78 is 0. The van der Waals surface area contributed by atoms with Crippen molar-refractivity contribution in [2.45, 2.75) is 69.7 Å². The van der Waals surface area contributed by atoms with Gasteiger partial charge in [0.2, 0.25) is 0 Å². The normalized spacial score (nSPS) is 23.6. The maximum atomic E-state index is 2.87. The predicted octanol–water partition coefficient (Wildman–Crippen LogP) is 4.81. The average molecular weight is 271 g/mol. The average Bonchev–Trinajstić information content (AvgIpc) is 2.56. The van der Waals surface area contributed by atoms with Crippen LogP contribution in [0, 0.1) is 0 Å². The number of rotatable bonds is 4. The second-order valence-electron chi connectivity index (χ2n) is 6.82. The summed E-state index contributed by atoms with van der Waals surface area (Å²) in [5, 5.41) is 0. The molecule has 0 atom stereocenters. The zero-order chi connectivity index (χ0) is 13.7. The van der Waals surface area contributed by atoms with Crippen molar-refractivity contribution in [2.24, 2.45) is 0 Å². The molecular weight excluding hydrogens is 242 g/mol. The Kier molecular flexibility index (Phi) is 4.77. The molecule has 2 fully saturated rings. The van der Waals surface area contributed by atoms with E-state index in [4.69, 9.17) is 0 Å². The van der Waals surface area contributed by atoms with E-state index >= 15 is 0 Å². The summed E-state index contributed by atoms with van der Waals surface area (Å²) in [5.41, 5.74) is 2.06. The van der Waals surface area contributed by atoms with Crippen LogP contribution in [-0.4, -0.2) is 23.5 Å². The van der Waals surface area contributed by atoms with E-state index in [1.807, 2.05) is 0 Å². The van der Waals surface area contributed by atoms with Gasteiger partial charge in [-0.3, -0.25) is 4.90 Å². The zero-order valence-electron chi connectivity index (χ0n) is 12.8. The van der Waals surface area contributed by atoms with Gasteiger partial charge in [-0.2, -0.15) is 0 Å². The highest BCUT2D eigenvalue weighted by atomic mass is 15.2. The molecule has 1 nitrogen and oxygen atoms in total. The van der Waals surface area contributed by atoms with Crippen molar-refractivity contribution >= 4 is 0 Å². The van der Waals surface area contributed by atoms with E-state index < -0.39 is 0 Å². The summed E-state index contributed by atoms with van der Waals surface area (Å²) in [6, 6.07) is 11.1.